The van der Waals surface area contributed by atoms with E-state index in [-0.39, 0.29) is 12.6 Å². The van der Waals surface area contributed by atoms with Crippen LogP contribution < -0.4 is 15.4 Å². The van der Waals surface area contributed by atoms with Crippen LogP contribution in [-0.4, -0.2) is 43.1 Å². The first-order valence-electron chi connectivity index (χ1n) is 9.52. The summed E-state index contributed by atoms with van der Waals surface area (Å²) >= 11 is 0. The van der Waals surface area contributed by atoms with E-state index in [0.29, 0.717) is 18.0 Å². The second-order valence-corrected chi connectivity index (χ2v) is 8.76. The molecule has 0 bridgehead atoms. The molecule has 8 heteroatoms. The van der Waals surface area contributed by atoms with Crippen LogP contribution in [0.5, 0.6) is 5.75 Å². The van der Waals surface area contributed by atoms with Gasteiger partial charge in [-0.25, -0.2) is 9.59 Å². The molecule has 164 valence electrons. The molecule has 29 heavy (non-hydrogen) atoms. The van der Waals surface area contributed by atoms with E-state index >= 15 is 0 Å². The Balaban J connectivity index is 2.61. The third kappa shape index (κ3) is 11.2. The van der Waals surface area contributed by atoms with Gasteiger partial charge in [-0.15, -0.1) is 0 Å². The molecule has 0 fully saturated rings. The maximum Gasteiger partial charge on any atom is 0.412 e. The number of hydrogen-bond donors (Lipinski definition) is 2. The highest BCUT2D eigenvalue weighted by molar-refractivity contribution is 5.85. The first kappa shape index (κ1) is 24.6. The highest BCUT2D eigenvalue weighted by atomic mass is 16.6. The maximum atomic E-state index is 12.0. The second-order valence-electron chi connectivity index (χ2n) is 8.76. The number of amides is 2. The van der Waals surface area contributed by atoms with E-state index in [9.17, 15) is 9.59 Å². The lowest BCUT2D eigenvalue weighted by Gasteiger charge is -2.22. The van der Waals surface area contributed by atoms with E-state index < -0.39 is 23.4 Å². The summed E-state index contributed by atoms with van der Waals surface area (Å²) in [5, 5.41) is 5.41. The fourth-order valence-corrected chi connectivity index (χ4v) is 2.26. The second kappa shape index (κ2) is 10.3. The van der Waals surface area contributed by atoms with Crippen molar-refractivity contribution in [1.82, 2.24) is 5.32 Å². The number of methoxy groups -OCH3 is 1. The van der Waals surface area contributed by atoms with Gasteiger partial charge in [0.05, 0.1) is 26.4 Å². The van der Waals surface area contributed by atoms with Crippen LogP contribution in [-0.2, 0) is 20.8 Å². The first-order valence-corrected chi connectivity index (χ1v) is 9.52. The predicted molar refractivity (Wildman–Crippen MR) is 111 cm³/mol. The molecule has 8 nitrogen and oxygen atoms in total. The molecule has 0 saturated carbocycles. The Hall–Kier alpha value is -2.48. The predicted octanol–water partition coefficient (Wildman–Crippen LogP) is 4.47. The van der Waals surface area contributed by atoms with Crippen molar-refractivity contribution >= 4 is 17.9 Å². The van der Waals surface area contributed by atoms with Crippen LogP contribution in [0.4, 0.5) is 15.3 Å². The zero-order valence-corrected chi connectivity index (χ0v) is 18.7. The lowest BCUT2D eigenvalue weighted by molar-refractivity contribution is 0.0442. The molecule has 1 aromatic carbocycles. The lowest BCUT2D eigenvalue weighted by atomic mass is 10.2. The van der Waals surface area contributed by atoms with Crippen LogP contribution in [0.2, 0.25) is 0 Å². The fourth-order valence-electron chi connectivity index (χ4n) is 2.26. The Morgan fingerprint density at radius 2 is 1.55 bits per heavy atom. The Morgan fingerprint density at radius 1 is 0.966 bits per heavy atom. The van der Waals surface area contributed by atoms with Crippen molar-refractivity contribution in [2.75, 3.05) is 19.0 Å². The van der Waals surface area contributed by atoms with E-state index in [1.807, 2.05) is 13.0 Å². The number of carbonyl (C=O) groups is 2. The number of carbonyl (C=O) groups excluding carboxylic acids is 2. The molecule has 0 heterocycles. The van der Waals surface area contributed by atoms with E-state index in [1.54, 1.807) is 60.8 Å². The maximum absolute atomic E-state index is 12.0. The smallest absolute Gasteiger partial charge is 0.412 e. The van der Waals surface area contributed by atoms with E-state index in [2.05, 4.69) is 10.6 Å². The molecular formula is C21H34N2O6. The van der Waals surface area contributed by atoms with Gasteiger partial charge in [-0.05, 0) is 66.2 Å². The molecule has 0 aliphatic heterocycles. The van der Waals surface area contributed by atoms with Crippen molar-refractivity contribution in [2.45, 2.75) is 72.3 Å². The molecule has 2 amide bonds. The number of nitrogens with one attached hydrogen (secondary N) is 2. The van der Waals surface area contributed by atoms with Gasteiger partial charge in [-0.1, -0.05) is 0 Å². The number of rotatable bonds is 7. The summed E-state index contributed by atoms with van der Waals surface area (Å²) in [6, 6.07) is 5.06. The zero-order valence-electron chi connectivity index (χ0n) is 18.7. The summed E-state index contributed by atoms with van der Waals surface area (Å²) in [6.45, 7) is 13.2. The van der Waals surface area contributed by atoms with Crippen molar-refractivity contribution < 1.29 is 28.5 Å². The van der Waals surface area contributed by atoms with Crippen molar-refractivity contribution in [3.05, 3.63) is 23.8 Å². The minimum atomic E-state index is -0.591. The fraction of sp³-hybridized carbons (Fsp3) is 0.619. The van der Waals surface area contributed by atoms with E-state index in [0.717, 1.165) is 5.56 Å². The summed E-state index contributed by atoms with van der Waals surface area (Å²) < 4.78 is 21.4. The van der Waals surface area contributed by atoms with Crippen LogP contribution in [0.3, 0.4) is 0 Å². The highest BCUT2D eigenvalue weighted by Crippen LogP contribution is 2.22. The summed E-state index contributed by atoms with van der Waals surface area (Å²) in [5.41, 5.74) is 0.201. The van der Waals surface area contributed by atoms with Gasteiger partial charge in [0.1, 0.15) is 17.0 Å². The minimum absolute atomic E-state index is 0.227. The SMILES string of the molecule is COc1cc(COC[C@@H](C)NC(=O)OC(C)(C)C)cc(NC(=O)OC(C)(C)C)c1. The molecule has 2 N–H and O–H groups in total. The Morgan fingerprint density at radius 3 is 2.10 bits per heavy atom. The molecule has 0 aliphatic carbocycles. The Kier molecular flexibility index (Phi) is 8.76. The van der Waals surface area contributed by atoms with E-state index in [1.165, 1.54) is 0 Å². The monoisotopic (exact) mass is 410 g/mol. The van der Waals surface area contributed by atoms with Gasteiger partial charge in [-0.2, -0.15) is 0 Å². The quantitative estimate of drug-likeness (QED) is 0.688. The van der Waals surface area contributed by atoms with Crippen LogP contribution in [0.15, 0.2) is 18.2 Å². The summed E-state index contributed by atoms with van der Waals surface area (Å²) in [5.74, 6) is 0.581. The summed E-state index contributed by atoms with van der Waals surface area (Å²) in [4.78, 5) is 23.8. The largest absolute Gasteiger partial charge is 0.497 e. The Bertz CT molecular complexity index is 691. The van der Waals surface area contributed by atoms with Crippen LogP contribution in [0.1, 0.15) is 54.0 Å². The molecular weight excluding hydrogens is 376 g/mol. The number of benzene rings is 1. The van der Waals surface area contributed by atoms with Crippen LogP contribution in [0.25, 0.3) is 0 Å². The van der Waals surface area contributed by atoms with Gasteiger partial charge in [0.15, 0.2) is 0 Å². The molecule has 0 aliphatic rings. The zero-order chi connectivity index (χ0) is 22.2. The minimum Gasteiger partial charge on any atom is -0.497 e. The summed E-state index contributed by atoms with van der Waals surface area (Å²) in [6.07, 6.45) is -1.04. The van der Waals surface area contributed by atoms with Crippen molar-refractivity contribution in [3.8, 4) is 5.75 Å². The molecule has 0 aromatic heterocycles. The average Bonchev–Trinajstić information content (AvgIpc) is 2.50. The number of anilines is 1. The topological polar surface area (TPSA) is 95.1 Å². The van der Waals surface area contributed by atoms with Gasteiger partial charge in [0, 0.05) is 11.8 Å². The highest BCUT2D eigenvalue weighted by Gasteiger charge is 2.18. The van der Waals surface area contributed by atoms with Gasteiger partial charge in [-0.3, -0.25) is 5.32 Å². The molecule has 1 rings (SSSR count). The van der Waals surface area contributed by atoms with Crippen molar-refractivity contribution in [3.63, 3.8) is 0 Å². The Labute approximate surface area is 173 Å². The van der Waals surface area contributed by atoms with Gasteiger partial charge < -0.3 is 24.3 Å². The molecule has 0 saturated heterocycles. The van der Waals surface area contributed by atoms with Crippen molar-refractivity contribution in [2.24, 2.45) is 0 Å². The lowest BCUT2D eigenvalue weighted by Crippen LogP contribution is -2.39. The molecule has 0 spiro atoms. The van der Waals surface area contributed by atoms with Crippen LogP contribution in [0, 0.1) is 0 Å². The number of alkyl carbamates (subject to hydrolysis) is 1. The third-order valence-electron chi connectivity index (χ3n) is 3.25. The number of ether oxygens (including phenoxy) is 4. The van der Waals surface area contributed by atoms with E-state index in [4.69, 9.17) is 18.9 Å². The van der Waals surface area contributed by atoms with Gasteiger partial charge >= 0.3 is 12.2 Å². The summed E-state index contributed by atoms with van der Waals surface area (Å²) in [7, 11) is 1.55. The standard InChI is InChI=1S/C21H34N2O6/c1-14(22-18(24)28-20(2,3)4)12-27-13-15-9-16(11-17(10-15)26-8)23-19(25)29-21(5,6)7/h9-11,14H,12-13H2,1-8H3,(H,22,24)(H,23,25)/t14-/m1/s1. The van der Waals surface area contributed by atoms with Gasteiger partial charge in [0.25, 0.3) is 0 Å². The third-order valence-corrected chi connectivity index (χ3v) is 3.25. The average molecular weight is 411 g/mol. The number of hydrogen-bond acceptors (Lipinski definition) is 6. The molecule has 0 unspecified atom stereocenters. The molecule has 0 radical (unpaired) electrons. The van der Waals surface area contributed by atoms with Crippen molar-refractivity contribution in [1.29, 1.82) is 0 Å². The molecule has 1 aromatic rings. The normalized spacial score (nSPS) is 12.7. The van der Waals surface area contributed by atoms with Crippen LogP contribution >= 0.6 is 0 Å². The first-order chi connectivity index (χ1) is 13.3. The van der Waals surface area contributed by atoms with Gasteiger partial charge in [0.2, 0.25) is 0 Å². The molecule has 1 atom stereocenters.